The zero-order chi connectivity index (χ0) is 33.6. The molecule has 1 fully saturated rings. The Morgan fingerprint density at radius 3 is 2.06 bits per heavy atom. The van der Waals surface area contributed by atoms with Gasteiger partial charge in [-0.1, -0.05) is 72.8 Å². The summed E-state index contributed by atoms with van der Waals surface area (Å²) in [6.07, 6.45) is 1.45. The molecule has 2 N–H and O–H groups in total. The number of methoxy groups -OCH3 is 2. The van der Waals surface area contributed by atoms with Gasteiger partial charge in [0, 0.05) is 49.9 Å². The van der Waals surface area contributed by atoms with Crippen molar-refractivity contribution in [2.24, 2.45) is 5.92 Å². The maximum absolute atomic E-state index is 15.4. The molecule has 1 aliphatic heterocycles. The van der Waals surface area contributed by atoms with Gasteiger partial charge in [-0.15, -0.1) is 0 Å². The van der Waals surface area contributed by atoms with Gasteiger partial charge in [-0.05, 0) is 47.7 Å². The first kappa shape index (κ1) is 32.8. The summed E-state index contributed by atoms with van der Waals surface area (Å²) in [5.41, 5.74) is 9.46. The first-order chi connectivity index (χ1) is 23.3. The lowest BCUT2D eigenvalue weighted by atomic mass is 9.87. The average molecular weight is 652 g/mol. The number of fused-ring (bicyclic) bond motifs is 1. The number of hydrogen-bond acceptors (Lipinski definition) is 8. The standard InChI is InChI=1S/C38H39F2N5O3/c1-47-33-21-30-35(34(40)36(33)48-2)42-38(43-37(30)41)44-19-17-28(18-20-44)32(46)22-31(27-13-15-29(39)16-14-27)45(23-25-9-5-3-6-10-25)24-26-11-7-4-8-12-26/h3-16,21,28,31H,17-20,22-24H2,1-2H3,(H2,41,42,43)/t31-/m1/s1. The van der Waals surface area contributed by atoms with E-state index in [2.05, 4.69) is 39.1 Å². The summed E-state index contributed by atoms with van der Waals surface area (Å²) in [6.45, 7) is 2.26. The van der Waals surface area contributed by atoms with E-state index in [1.807, 2.05) is 41.3 Å². The number of nitrogens with zero attached hydrogens (tertiary/aromatic N) is 4. The third-order valence-corrected chi connectivity index (χ3v) is 9.07. The van der Waals surface area contributed by atoms with Crippen LogP contribution in [0.5, 0.6) is 11.5 Å². The smallest absolute Gasteiger partial charge is 0.227 e. The van der Waals surface area contributed by atoms with Crippen molar-refractivity contribution in [2.75, 3.05) is 37.9 Å². The molecule has 0 saturated carbocycles. The minimum absolute atomic E-state index is 0.0485. The molecule has 1 aromatic heterocycles. The van der Waals surface area contributed by atoms with Crippen LogP contribution in [0.25, 0.3) is 10.9 Å². The Bertz CT molecular complexity index is 1810. The fraction of sp³-hybridized carbons (Fsp3) is 0.289. The lowest BCUT2D eigenvalue weighted by molar-refractivity contribution is -0.125. The summed E-state index contributed by atoms with van der Waals surface area (Å²) in [5.74, 6) is -0.435. The van der Waals surface area contributed by atoms with E-state index in [-0.39, 0.29) is 52.8 Å². The number of aromatic nitrogens is 2. The fourth-order valence-electron chi connectivity index (χ4n) is 6.49. The van der Waals surface area contributed by atoms with Crippen LogP contribution in [0.15, 0.2) is 91.0 Å². The van der Waals surface area contributed by atoms with Gasteiger partial charge >= 0.3 is 0 Å². The van der Waals surface area contributed by atoms with Gasteiger partial charge in [0.15, 0.2) is 17.3 Å². The van der Waals surface area contributed by atoms with E-state index in [0.29, 0.717) is 50.4 Å². The number of carbonyl (C=O) groups is 1. The van der Waals surface area contributed by atoms with Crippen LogP contribution in [0.1, 0.15) is 42.0 Å². The maximum atomic E-state index is 15.4. The van der Waals surface area contributed by atoms with Crippen LogP contribution in [0.4, 0.5) is 20.5 Å². The number of benzene rings is 4. The summed E-state index contributed by atoms with van der Waals surface area (Å²) in [5, 5.41) is 0.335. The summed E-state index contributed by atoms with van der Waals surface area (Å²) in [6, 6.07) is 28.1. The summed E-state index contributed by atoms with van der Waals surface area (Å²) >= 11 is 0. The van der Waals surface area contributed by atoms with E-state index in [4.69, 9.17) is 15.2 Å². The minimum atomic E-state index is -0.672. The Hall–Kier alpha value is -5.09. The first-order valence-corrected chi connectivity index (χ1v) is 16.1. The molecule has 1 saturated heterocycles. The van der Waals surface area contributed by atoms with E-state index in [1.165, 1.54) is 26.4 Å². The highest BCUT2D eigenvalue weighted by atomic mass is 19.1. The molecule has 248 valence electrons. The predicted molar refractivity (Wildman–Crippen MR) is 183 cm³/mol. The number of carbonyl (C=O) groups excluding carboxylic acids is 1. The number of ether oxygens (including phenoxy) is 2. The summed E-state index contributed by atoms with van der Waals surface area (Å²) in [4.78, 5) is 27.3. The van der Waals surface area contributed by atoms with Gasteiger partial charge in [0.1, 0.15) is 22.9 Å². The number of rotatable bonds is 12. The van der Waals surface area contributed by atoms with Crippen LogP contribution in [0.3, 0.4) is 0 Å². The molecule has 0 amide bonds. The van der Waals surface area contributed by atoms with Gasteiger partial charge in [-0.2, -0.15) is 4.98 Å². The lowest BCUT2D eigenvalue weighted by Gasteiger charge is -2.35. The van der Waals surface area contributed by atoms with Crippen LogP contribution in [-0.2, 0) is 17.9 Å². The Kier molecular flexibility index (Phi) is 10.1. The van der Waals surface area contributed by atoms with Gasteiger partial charge in [-0.3, -0.25) is 9.69 Å². The van der Waals surface area contributed by atoms with Crippen LogP contribution in [0.2, 0.25) is 0 Å². The Balaban J connectivity index is 1.22. The molecule has 2 heterocycles. The van der Waals surface area contributed by atoms with Gasteiger partial charge < -0.3 is 20.1 Å². The highest BCUT2D eigenvalue weighted by molar-refractivity contribution is 5.92. The molecule has 1 atom stereocenters. The first-order valence-electron chi connectivity index (χ1n) is 16.1. The number of halogens is 2. The minimum Gasteiger partial charge on any atom is -0.493 e. The Morgan fingerprint density at radius 2 is 1.50 bits per heavy atom. The average Bonchev–Trinajstić information content (AvgIpc) is 3.12. The van der Waals surface area contributed by atoms with Crippen molar-refractivity contribution in [3.05, 3.63) is 119 Å². The van der Waals surface area contributed by atoms with Crippen LogP contribution >= 0.6 is 0 Å². The van der Waals surface area contributed by atoms with Crippen molar-refractivity contribution in [3.63, 3.8) is 0 Å². The van der Waals surface area contributed by atoms with Crippen LogP contribution < -0.4 is 20.1 Å². The van der Waals surface area contributed by atoms with Crippen molar-refractivity contribution in [1.82, 2.24) is 14.9 Å². The van der Waals surface area contributed by atoms with Crippen molar-refractivity contribution >= 4 is 28.5 Å². The third-order valence-electron chi connectivity index (χ3n) is 9.07. The number of hydrogen-bond donors (Lipinski definition) is 1. The second-order valence-electron chi connectivity index (χ2n) is 12.1. The summed E-state index contributed by atoms with van der Waals surface area (Å²) in [7, 11) is 2.79. The molecule has 5 aromatic rings. The molecule has 0 bridgehead atoms. The quantitative estimate of drug-likeness (QED) is 0.152. The largest absolute Gasteiger partial charge is 0.493 e. The van der Waals surface area contributed by atoms with Crippen molar-refractivity contribution in [3.8, 4) is 11.5 Å². The molecule has 0 unspecified atom stereocenters. The highest BCUT2D eigenvalue weighted by Crippen LogP contribution is 2.38. The molecule has 6 rings (SSSR count). The number of nitrogens with two attached hydrogens (primary N) is 1. The van der Waals surface area contributed by atoms with Gasteiger partial charge in [0.25, 0.3) is 0 Å². The van der Waals surface area contributed by atoms with E-state index < -0.39 is 5.82 Å². The van der Waals surface area contributed by atoms with Crippen LogP contribution in [-0.4, -0.2) is 48.0 Å². The molecule has 0 radical (unpaired) electrons. The SMILES string of the molecule is COc1cc2c(N)nc(N3CCC(C(=O)C[C@H](c4ccc(F)cc4)N(Cc4ccccc4)Cc4ccccc4)CC3)nc2c(F)c1OC. The molecular weight excluding hydrogens is 612 g/mol. The number of anilines is 2. The van der Waals surface area contributed by atoms with Gasteiger partial charge in [0.05, 0.1) is 14.2 Å². The highest BCUT2D eigenvalue weighted by Gasteiger charge is 2.31. The summed E-state index contributed by atoms with van der Waals surface area (Å²) < 4.78 is 39.9. The zero-order valence-corrected chi connectivity index (χ0v) is 27.1. The Morgan fingerprint density at radius 1 is 0.896 bits per heavy atom. The van der Waals surface area contributed by atoms with Crippen molar-refractivity contribution in [2.45, 2.75) is 38.4 Å². The van der Waals surface area contributed by atoms with Crippen molar-refractivity contribution < 1.29 is 23.0 Å². The molecule has 8 nitrogen and oxygen atoms in total. The monoisotopic (exact) mass is 651 g/mol. The zero-order valence-electron chi connectivity index (χ0n) is 27.1. The molecule has 0 spiro atoms. The topological polar surface area (TPSA) is 93.8 Å². The molecule has 48 heavy (non-hydrogen) atoms. The molecular formula is C38H39F2N5O3. The second kappa shape index (κ2) is 14.8. The van der Waals surface area contributed by atoms with E-state index >= 15 is 4.39 Å². The van der Waals surface area contributed by atoms with E-state index in [1.54, 1.807) is 18.2 Å². The van der Waals surface area contributed by atoms with E-state index in [9.17, 15) is 9.18 Å². The second-order valence-corrected chi connectivity index (χ2v) is 12.1. The van der Waals surface area contributed by atoms with Gasteiger partial charge in [0.2, 0.25) is 5.95 Å². The lowest BCUT2D eigenvalue weighted by Crippen LogP contribution is -2.38. The predicted octanol–water partition coefficient (Wildman–Crippen LogP) is 7.13. The fourth-order valence-corrected chi connectivity index (χ4v) is 6.49. The Labute approximate surface area is 279 Å². The molecule has 4 aromatic carbocycles. The number of piperidine rings is 1. The number of ketones is 1. The maximum Gasteiger partial charge on any atom is 0.227 e. The van der Waals surface area contributed by atoms with Crippen LogP contribution in [0, 0.1) is 17.6 Å². The van der Waals surface area contributed by atoms with Crippen molar-refractivity contribution in [1.29, 1.82) is 0 Å². The molecule has 1 aliphatic rings. The molecule has 10 heteroatoms. The third kappa shape index (κ3) is 7.23. The van der Waals surface area contributed by atoms with E-state index in [0.717, 1.165) is 16.7 Å². The van der Waals surface area contributed by atoms with Gasteiger partial charge in [-0.25, -0.2) is 13.8 Å². The number of nitrogen functional groups attached to an aromatic ring is 1. The molecule has 0 aliphatic carbocycles. The number of Topliss-reactive ketones (excluding diaryl/α,β-unsaturated/α-hetero) is 1. The normalized spacial score (nSPS) is 14.3.